The number of nitrogens with one attached hydrogen (secondary N) is 1. The molecule has 1 aromatic carbocycles. The first kappa shape index (κ1) is 12.7. The second-order valence-electron chi connectivity index (χ2n) is 4.82. The van der Waals surface area contributed by atoms with Gasteiger partial charge in [0.25, 0.3) is 6.01 Å². The highest BCUT2D eigenvalue weighted by atomic mass is 16.5. The van der Waals surface area contributed by atoms with Crippen molar-refractivity contribution < 1.29 is 8.94 Å². The van der Waals surface area contributed by atoms with Crippen molar-refractivity contribution in [3.63, 3.8) is 0 Å². The van der Waals surface area contributed by atoms with Crippen molar-refractivity contribution in [2.75, 3.05) is 11.9 Å². The van der Waals surface area contributed by atoms with Crippen LogP contribution in [0.3, 0.4) is 0 Å². The minimum Gasteiger partial charge on any atom is -0.424 e. The summed E-state index contributed by atoms with van der Waals surface area (Å²) < 4.78 is 10.7. The highest BCUT2D eigenvalue weighted by Gasteiger charge is 2.08. The summed E-state index contributed by atoms with van der Waals surface area (Å²) in [6, 6.07) is 8.32. The minimum atomic E-state index is 0.574. The second-order valence-corrected chi connectivity index (χ2v) is 4.82. The standard InChI is InChI=1S/C15H17N3O2/c1-10-12(11(2)20-18-10)6-5-9-16-15-17-13-7-3-4-8-14(13)19-15/h3-4,7-8H,5-6,9H2,1-2H3,(H,16,17). The van der Waals surface area contributed by atoms with Crippen molar-refractivity contribution in [1.29, 1.82) is 0 Å². The molecule has 0 spiro atoms. The number of nitrogens with zero attached hydrogens (tertiary/aromatic N) is 2. The van der Waals surface area contributed by atoms with E-state index in [1.165, 1.54) is 5.56 Å². The molecule has 0 unspecified atom stereocenters. The van der Waals surface area contributed by atoms with Crippen LogP contribution in [0.25, 0.3) is 11.1 Å². The topological polar surface area (TPSA) is 64.1 Å². The van der Waals surface area contributed by atoms with Gasteiger partial charge in [0.2, 0.25) is 0 Å². The number of oxazole rings is 1. The number of fused-ring (bicyclic) bond motifs is 1. The van der Waals surface area contributed by atoms with Crippen LogP contribution in [0.2, 0.25) is 0 Å². The average Bonchev–Trinajstić information content (AvgIpc) is 2.99. The van der Waals surface area contributed by atoms with Crippen molar-refractivity contribution in [3.05, 3.63) is 41.3 Å². The molecule has 104 valence electrons. The molecule has 0 amide bonds. The van der Waals surface area contributed by atoms with E-state index in [9.17, 15) is 0 Å². The summed E-state index contributed by atoms with van der Waals surface area (Å²) in [5, 5.41) is 7.16. The van der Waals surface area contributed by atoms with Gasteiger partial charge in [-0.1, -0.05) is 17.3 Å². The Morgan fingerprint density at radius 1 is 1.20 bits per heavy atom. The molecule has 0 atom stereocenters. The van der Waals surface area contributed by atoms with E-state index in [4.69, 9.17) is 8.94 Å². The van der Waals surface area contributed by atoms with Crippen LogP contribution in [0, 0.1) is 13.8 Å². The first-order chi connectivity index (χ1) is 9.74. The van der Waals surface area contributed by atoms with Gasteiger partial charge in [-0.05, 0) is 38.8 Å². The number of aryl methyl sites for hydroxylation is 2. The van der Waals surface area contributed by atoms with Gasteiger partial charge in [0.1, 0.15) is 11.3 Å². The lowest BCUT2D eigenvalue weighted by Crippen LogP contribution is -2.03. The molecule has 2 aromatic heterocycles. The molecule has 2 heterocycles. The number of hydrogen-bond donors (Lipinski definition) is 1. The summed E-state index contributed by atoms with van der Waals surface area (Å²) in [5.41, 5.74) is 3.86. The number of para-hydroxylation sites is 2. The molecule has 0 saturated heterocycles. The third-order valence-corrected chi connectivity index (χ3v) is 3.35. The van der Waals surface area contributed by atoms with Gasteiger partial charge in [0.15, 0.2) is 5.58 Å². The minimum absolute atomic E-state index is 0.574. The highest BCUT2D eigenvalue weighted by Crippen LogP contribution is 2.18. The lowest BCUT2D eigenvalue weighted by atomic mass is 10.1. The molecule has 3 rings (SSSR count). The van der Waals surface area contributed by atoms with E-state index >= 15 is 0 Å². The smallest absolute Gasteiger partial charge is 0.295 e. The Balaban J connectivity index is 1.55. The summed E-state index contributed by atoms with van der Waals surface area (Å²) >= 11 is 0. The van der Waals surface area contributed by atoms with Crippen LogP contribution in [-0.4, -0.2) is 16.7 Å². The molecule has 0 bridgehead atoms. The van der Waals surface area contributed by atoms with Crippen molar-refractivity contribution >= 4 is 17.1 Å². The second kappa shape index (κ2) is 5.36. The van der Waals surface area contributed by atoms with E-state index < -0.39 is 0 Å². The van der Waals surface area contributed by atoms with Gasteiger partial charge in [0, 0.05) is 12.1 Å². The maximum absolute atomic E-state index is 5.60. The Hall–Kier alpha value is -2.30. The molecular formula is C15H17N3O2. The van der Waals surface area contributed by atoms with Crippen molar-refractivity contribution in [2.45, 2.75) is 26.7 Å². The van der Waals surface area contributed by atoms with Crippen LogP contribution < -0.4 is 5.32 Å². The molecule has 0 aliphatic heterocycles. The van der Waals surface area contributed by atoms with Crippen molar-refractivity contribution in [2.24, 2.45) is 0 Å². The lowest BCUT2D eigenvalue weighted by Gasteiger charge is -2.01. The maximum Gasteiger partial charge on any atom is 0.295 e. The van der Waals surface area contributed by atoms with Gasteiger partial charge in [-0.15, -0.1) is 0 Å². The van der Waals surface area contributed by atoms with Gasteiger partial charge in [-0.25, -0.2) is 0 Å². The summed E-state index contributed by atoms with van der Waals surface area (Å²) in [6.45, 7) is 4.72. The molecule has 20 heavy (non-hydrogen) atoms. The summed E-state index contributed by atoms with van der Waals surface area (Å²) in [4.78, 5) is 4.37. The van der Waals surface area contributed by atoms with Crippen LogP contribution >= 0.6 is 0 Å². The summed E-state index contributed by atoms with van der Waals surface area (Å²) in [6.07, 6.45) is 1.91. The maximum atomic E-state index is 5.60. The lowest BCUT2D eigenvalue weighted by molar-refractivity contribution is 0.392. The fourth-order valence-corrected chi connectivity index (χ4v) is 2.27. The Morgan fingerprint density at radius 3 is 2.80 bits per heavy atom. The Kier molecular flexibility index (Phi) is 3.41. The van der Waals surface area contributed by atoms with E-state index in [0.717, 1.165) is 41.9 Å². The quantitative estimate of drug-likeness (QED) is 0.720. The van der Waals surface area contributed by atoms with E-state index in [1.807, 2.05) is 38.1 Å². The largest absolute Gasteiger partial charge is 0.424 e. The highest BCUT2D eigenvalue weighted by molar-refractivity contribution is 5.74. The summed E-state index contributed by atoms with van der Waals surface area (Å²) in [5.74, 6) is 0.907. The molecule has 0 fully saturated rings. The number of aromatic nitrogens is 2. The molecule has 0 radical (unpaired) electrons. The van der Waals surface area contributed by atoms with Crippen LogP contribution in [0.1, 0.15) is 23.4 Å². The van der Waals surface area contributed by atoms with Crippen LogP contribution in [0.4, 0.5) is 6.01 Å². The number of rotatable bonds is 5. The predicted molar refractivity (Wildman–Crippen MR) is 76.8 cm³/mol. The molecule has 0 aliphatic rings. The number of benzene rings is 1. The Labute approximate surface area is 117 Å². The third-order valence-electron chi connectivity index (χ3n) is 3.35. The first-order valence-corrected chi connectivity index (χ1v) is 6.75. The number of anilines is 1. The van der Waals surface area contributed by atoms with Gasteiger partial charge in [-0.2, -0.15) is 4.98 Å². The van der Waals surface area contributed by atoms with Crippen LogP contribution in [0.15, 0.2) is 33.2 Å². The van der Waals surface area contributed by atoms with E-state index in [2.05, 4.69) is 15.5 Å². The molecule has 1 N–H and O–H groups in total. The van der Waals surface area contributed by atoms with Crippen molar-refractivity contribution in [1.82, 2.24) is 10.1 Å². The molecule has 5 heteroatoms. The zero-order chi connectivity index (χ0) is 13.9. The Morgan fingerprint density at radius 2 is 2.05 bits per heavy atom. The number of hydrogen-bond acceptors (Lipinski definition) is 5. The van der Waals surface area contributed by atoms with E-state index in [0.29, 0.717) is 6.01 Å². The predicted octanol–water partition coefficient (Wildman–Crippen LogP) is 3.48. The zero-order valence-electron chi connectivity index (χ0n) is 11.6. The normalized spacial score (nSPS) is 11.1. The summed E-state index contributed by atoms with van der Waals surface area (Å²) in [7, 11) is 0. The Bertz CT molecular complexity index is 662. The van der Waals surface area contributed by atoms with E-state index in [1.54, 1.807) is 0 Å². The fourth-order valence-electron chi connectivity index (χ4n) is 2.27. The monoisotopic (exact) mass is 271 g/mol. The average molecular weight is 271 g/mol. The zero-order valence-corrected chi connectivity index (χ0v) is 11.6. The van der Waals surface area contributed by atoms with E-state index in [-0.39, 0.29) is 0 Å². The molecular weight excluding hydrogens is 254 g/mol. The molecule has 0 aliphatic carbocycles. The SMILES string of the molecule is Cc1noc(C)c1CCCNc1nc2ccccc2o1. The van der Waals surface area contributed by atoms with Gasteiger partial charge in [0.05, 0.1) is 5.69 Å². The van der Waals surface area contributed by atoms with Gasteiger partial charge in [-0.3, -0.25) is 0 Å². The molecule has 5 nitrogen and oxygen atoms in total. The fraction of sp³-hybridized carbons (Fsp3) is 0.333. The molecule has 0 saturated carbocycles. The third kappa shape index (κ3) is 2.52. The first-order valence-electron chi connectivity index (χ1n) is 6.75. The van der Waals surface area contributed by atoms with Gasteiger partial charge < -0.3 is 14.3 Å². The van der Waals surface area contributed by atoms with Crippen LogP contribution in [0.5, 0.6) is 0 Å². The van der Waals surface area contributed by atoms with Crippen LogP contribution in [-0.2, 0) is 6.42 Å². The molecule has 3 aromatic rings. The van der Waals surface area contributed by atoms with Gasteiger partial charge >= 0.3 is 0 Å². The van der Waals surface area contributed by atoms with Crippen molar-refractivity contribution in [3.8, 4) is 0 Å².